The predicted octanol–water partition coefficient (Wildman–Crippen LogP) is 5.88. The molecule has 0 spiro atoms. The zero-order chi connectivity index (χ0) is 16.1. The summed E-state index contributed by atoms with van der Waals surface area (Å²) >= 11 is 0. The van der Waals surface area contributed by atoms with Gasteiger partial charge in [0.05, 0.1) is 5.69 Å². The molecule has 0 amide bonds. The van der Waals surface area contributed by atoms with Gasteiger partial charge in [-0.15, -0.1) is 0 Å². The summed E-state index contributed by atoms with van der Waals surface area (Å²) in [5.74, 6) is 0.975. The fraction of sp³-hybridized carbons (Fsp3) is 0.190. The van der Waals surface area contributed by atoms with E-state index in [1.807, 2.05) is 13.1 Å². The number of nitrogens with zero attached hydrogens (tertiary/aromatic N) is 1. The van der Waals surface area contributed by atoms with Crippen LogP contribution in [0.4, 0.5) is 0 Å². The van der Waals surface area contributed by atoms with Gasteiger partial charge in [-0.2, -0.15) is 0 Å². The number of furan rings is 1. The highest BCUT2D eigenvalue weighted by Gasteiger charge is 2.16. The van der Waals surface area contributed by atoms with Gasteiger partial charge < -0.3 is 4.42 Å². The van der Waals surface area contributed by atoms with Crippen LogP contribution in [0, 0.1) is 27.7 Å². The standard InChI is InChI=1S/C21H19NO/c1-12-5-6-17-16(9-12)7-8-22-20(17)19-11-13(2)10-18-14(3)15(4)23-21(18)19/h5-11H,1-4H3. The van der Waals surface area contributed by atoms with E-state index in [0.717, 1.165) is 28.0 Å². The molecule has 0 saturated heterocycles. The highest BCUT2D eigenvalue weighted by atomic mass is 16.3. The lowest BCUT2D eigenvalue weighted by Crippen LogP contribution is -1.88. The highest BCUT2D eigenvalue weighted by Crippen LogP contribution is 2.36. The van der Waals surface area contributed by atoms with E-state index < -0.39 is 0 Å². The molecule has 0 atom stereocenters. The number of pyridine rings is 1. The van der Waals surface area contributed by atoms with Crippen LogP contribution in [0.25, 0.3) is 33.0 Å². The van der Waals surface area contributed by atoms with Gasteiger partial charge in [0.25, 0.3) is 0 Å². The van der Waals surface area contributed by atoms with Crippen molar-refractivity contribution < 1.29 is 4.42 Å². The van der Waals surface area contributed by atoms with Crippen molar-refractivity contribution in [3.8, 4) is 11.3 Å². The zero-order valence-corrected chi connectivity index (χ0v) is 13.9. The van der Waals surface area contributed by atoms with E-state index >= 15 is 0 Å². The molecular weight excluding hydrogens is 282 g/mol. The topological polar surface area (TPSA) is 26.0 Å². The third kappa shape index (κ3) is 2.14. The maximum atomic E-state index is 6.07. The Labute approximate surface area is 135 Å². The number of aryl methyl sites for hydroxylation is 4. The molecule has 114 valence electrons. The smallest absolute Gasteiger partial charge is 0.143 e. The van der Waals surface area contributed by atoms with Crippen molar-refractivity contribution in [2.75, 3.05) is 0 Å². The maximum absolute atomic E-state index is 6.07. The van der Waals surface area contributed by atoms with E-state index in [4.69, 9.17) is 4.42 Å². The van der Waals surface area contributed by atoms with Crippen molar-refractivity contribution in [3.05, 3.63) is 65.0 Å². The lowest BCUT2D eigenvalue weighted by atomic mass is 9.98. The van der Waals surface area contributed by atoms with Crippen LogP contribution in [-0.2, 0) is 0 Å². The normalized spacial score (nSPS) is 11.5. The summed E-state index contributed by atoms with van der Waals surface area (Å²) < 4.78 is 6.07. The first-order valence-corrected chi connectivity index (χ1v) is 7.90. The summed E-state index contributed by atoms with van der Waals surface area (Å²) in [6, 6.07) is 12.9. The number of aromatic nitrogens is 1. The van der Waals surface area contributed by atoms with Crippen LogP contribution in [-0.4, -0.2) is 4.98 Å². The van der Waals surface area contributed by atoms with Crippen LogP contribution in [0.3, 0.4) is 0 Å². The quantitative estimate of drug-likeness (QED) is 0.438. The molecule has 2 aromatic heterocycles. The van der Waals surface area contributed by atoms with Crippen molar-refractivity contribution in [2.45, 2.75) is 27.7 Å². The molecule has 2 nitrogen and oxygen atoms in total. The second-order valence-corrected chi connectivity index (χ2v) is 6.36. The molecule has 0 N–H and O–H groups in total. The van der Waals surface area contributed by atoms with Gasteiger partial charge >= 0.3 is 0 Å². The zero-order valence-electron chi connectivity index (χ0n) is 13.9. The van der Waals surface area contributed by atoms with E-state index in [-0.39, 0.29) is 0 Å². The lowest BCUT2D eigenvalue weighted by molar-refractivity contribution is 0.576. The van der Waals surface area contributed by atoms with Crippen LogP contribution < -0.4 is 0 Å². The largest absolute Gasteiger partial charge is 0.460 e. The first-order chi connectivity index (χ1) is 11.0. The molecule has 4 aromatic rings. The summed E-state index contributed by atoms with van der Waals surface area (Å²) in [6.45, 7) is 8.38. The van der Waals surface area contributed by atoms with Gasteiger partial charge in [-0.1, -0.05) is 23.8 Å². The molecule has 0 aliphatic rings. The number of benzene rings is 2. The summed E-state index contributed by atoms with van der Waals surface area (Å²) in [6.07, 6.45) is 1.88. The van der Waals surface area contributed by atoms with Crippen molar-refractivity contribution in [1.82, 2.24) is 4.98 Å². The molecule has 2 heterocycles. The van der Waals surface area contributed by atoms with Crippen LogP contribution in [0.15, 0.2) is 47.0 Å². The molecule has 4 rings (SSSR count). The Kier molecular flexibility index (Phi) is 3.02. The Bertz CT molecular complexity index is 1060. The molecule has 0 unspecified atom stereocenters. The Morgan fingerprint density at radius 1 is 0.826 bits per heavy atom. The fourth-order valence-corrected chi connectivity index (χ4v) is 3.27. The number of fused-ring (bicyclic) bond motifs is 2. The van der Waals surface area contributed by atoms with Gasteiger partial charge in [0.2, 0.25) is 0 Å². The minimum atomic E-state index is 0.936. The van der Waals surface area contributed by atoms with Gasteiger partial charge in [-0.3, -0.25) is 4.98 Å². The van der Waals surface area contributed by atoms with Crippen LogP contribution in [0.1, 0.15) is 22.5 Å². The summed E-state index contributed by atoms with van der Waals surface area (Å²) in [5.41, 5.74) is 6.69. The van der Waals surface area contributed by atoms with E-state index in [2.05, 4.69) is 62.2 Å². The Morgan fingerprint density at radius 3 is 2.48 bits per heavy atom. The molecule has 0 radical (unpaired) electrons. The SMILES string of the molecule is Cc1ccc2c(-c3cc(C)cc4c(C)c(C)oc34)nccc2c1. The van der Waals surface area contributed by atoms with Gasteiger partial charge in [0, 0.05) is 22.5 Å². The second-order valence-electron chi connectivity index (χ2n) is 6.36. The molecule has 23 heavy (non-hydrogen) atoms. The monoisotopic (exact) mass is 301 g/mol. The maximum Gasteiger partial charge on any atom is 0.143 e. The Morgan fingerprint density at radius 2 is 1.65 bits per heavy atom. The van der Waals surface area contributed by atoms with Gasteiger partial charge in [-0.25, -0.2) is 0 Å². The second kappa shape index (κ2) is 4.95. The summed E-state index contributed by atoms with van der Waals surface area (Å²) in [7, 11) is 0. The third-order valence-corrected chi connectivity index (χ3v) is 4.60. The number of rotatable bonds is 1. The van der Waals surface area contributed by atoms with Crippen LogP contribution >= 0.6 is 0 Å². The lowest BCUT2D eigenvalue weighted by Gasteiger charge is -2.08. The summed E-state index contributed by atoms with van der Waals surface area (Å²) in [4.78, 5) is 4.68. The fourth-order valence-electron chi connectivity index (χ4n) is 3.27. The first kappa shape index (κ1) is 14.0. The predicted molar refractivity (Wildman–Crippen MR) is 95.9 cm³/mol. The highest BCUT2D eigenvalue weighted by molar-refractivity contribution is 6.03. The van der Waals surface area contributed by atoms with Gasteiger partial charge in [0.15, 0.2) is 0 Å². The molecule has 0 bridgehead atoms. The molecule has 2 aromatic carbocycles. The van der Waals surface area contributed by atoms with E-state index in [9.17, 15) is 0 Å². The van der Waals surface area contributed by atoms with E-state index in [1.54, 1.807) is 0 Å². The molecule has 0 saturated carbocycles. The van der Waals surface area contributed by atoms with Gasteiger partial charge in [-0.05, 0) is 62.4 Å². The first-order valence-electron chi connectivity index (χ1n) is 7.90. The Hall–Kier alpha value is -2.61. The Balaban J connectivity index is 2.13. The average Bonchev–Trinajstić information content (AvgIpc) is 2.81. The minimum absolute atomic E-state index is 0.936. The van der Waals surface area contributed by atoms with Gasteiger partial charge in [0.1, 0.15) is 11.3 Å². The van der Waals surface area contributed by atoms with E-state index in [0.29, 0.717) is 0 Å². The summed E-state index contributed by atoms with van der Waals surface area (Å²) in [5, 5.41) is 3.56. The molecule has 2 heteroatoms. The minimum Gasteiger partial charge on any atom is -0.460 e. The number of hydrogen-bond donors (Lipinski definition) is 0. The average molecular weight is 301 g/mol. The van der Waals surface area contributed by atoms with E-state index in [1.165, 1.54) is 27.5 Å². The molecular formula is C21H19NO. The number of hydrogen-bond acceptors (Lipinski definition) is 2. The van der Waals surface area contributed by atoms with Crippen LogP contribution in [0.2, 0.25) is 0 Å². The molecule has 0 aliphatic carbocycles. The van der Waals surface area contributed by atoms with Crippen molar-refractivity contribution in [2.24, 2.45) is 0 Å². The third-order valence-electron chi connectivity index (χ3n) is 4.60. The van der Waals surface area contributed by atoms with Crippen molar-refractivity contribution in [1.29, 1.82) is 0 Å². The van der Waals surface area contributed by atoms with Crippen LogP contribution in [0.5, 0.6) is 0 Å². The van der Waals surface area contributed by atoms with Crippen molar-refractivity contribution in [3.63, 3.8) is 0 Å². The molecule has 0 aliphatic heterocycles. The van der Waals surface area contributed by atoms with Crippen molar-refractivity contribution >= 4 is 21.7 Å². The molecule has 0 fully saturated rings.